The second-order valence-electron chi connectivity index (χ2n) is 10.2. The molecule has 1 fully saturated rings. The molecular weight excluding hydrogens is 560 g/mol. The largest absolute Gasteiger partial charge is 0.489 e. The minimum atomic E-state index is -3.66. The summed E-state index contributed by atoms with van der Waals surface area (Å²) in [7, 11) is -3.66. The Bertz CT molecular complexity index is 1650. The van der Waals surface area contributed by atoms with Crippen molar-refractivity contribution in [3.05, 3.63) is 83.3 Å². The molecule has 0 radical (unpaired) electrons. The number of piperidine rings is 1. The van der Waals surface area contributed by atoms with E-state index in [2.05, 4.69) is 25.9 Å². The standard InChI is InChI=1S/C29H34N6O6S/c36-23(19-41-26-8-4-7-25-27(26)34-29(38)33-25)18-30-17-20-13-15-35(16-14-20)42(39,40)24-11-9-22(10-12-24)32-28(37)31-21-5-2-1-3-6-21/h1-12,20,23,30,36H,13-19H2,(H2,31,32,37)(H2,33,34,38). The van der Waals surface area contributed by atoms with Crippen LogP contribution in [-0.4, -0.2) is 72.7 Å². The molecule has 0 saturated carbocycles. The maximum atomic E-state index is 13.2. The number of H-pyrrole nitrogens is 2. The van der Waals surface area contributed by atoms with E-state index in [-0.39, 0.29) is 23.1 Å². The Kier molecular flexibility index (Phi) is 9.22. The first-order valence-corrected chi connectivity index (χ1v) is 15.2. The number of imidazole rings is 1. The number of ether oxygens (including phenoxy) is 1. The summed E-state index contributed by atoms with van der Waals surface area (Å²) in [6.45, 7) is 1.83. The van der Waals surface area contributed by atoms with Gasteiger partial charge in [-0.2, -0.15) is 4.31 Å². The number of nitrogens with one attached hydrogen (secondary N) is 5. The summed E-state index contributed by atoms with van der Waals surface area (Å²) >= 11 is 0. The van der Waals surface area contributed by atoms with Crippen LogP contribution < -0.4 is 26.4 Å². The van der Waals surface area contributed by atoms with Crippen molar-refractivity contribution in [1.29, 1.82) is 0 Å². The number of hydrogen-bond donors (Lipinski definition) is 6. The van der Waals surface area contributed by atoms with Gasteiger partial charge in [0.25, 0.3) is 0 Å². The molecule has 5 rings (SSSR count). The Balaban J connectivity index is 1.03. The van der Waals surface area contributed by atoms with Crippen LogP contribution in [0.25, 0.3) is 11.0 Å². The first kappa shape index (κ1) is 29.3. The van der Waals surface area contributed by atoms with Crippen molar-refractivity contribution in [2.45, 2.75) is 23.8 Å². The quantitative estimate of drug-likeness (QED) is 0.155. The van der Waals surface area contributed by atoms with E-state index in [4.69, 9.17) is 4.74 Å². The van der Waals surface area contributed by atoms with Crippen molar-refractivity contribution in [1.82, 2.24) is 19.6 Å². The lowest BCUT2D eigenvalue weighted by Gasteiger charge is -2.31. The first-order valence-electron chi connectivity index (χ1n) is 13.7. The number of hydrogen-bond acceptors (Lipinski definition) is 7. The van der Waals surface area contributed by atoms with Gasteiger partial charge in [-0.15, -0.1) is 0 Å². The summed E-state index contributed by atoms with van der Waals surface area (Å²) in [5, 5.41) is 19.0. The normalized spacial score (nSPS) is 15.4. The predicted molar refractivity (Wildman–Crippen MR) is 160 cm³/mol. The van der Waals surface area contributed by atoms with Gasteiger partial charge in [-0.3, -0.25) is 0 Å². The molecule has 0 spiro atoms. The van der Waals surface area contributed by atoms with Crippen LogP contribution in [-0.2, 0) is 10.0 Å². The number of para-hydroxylation sites is 2. The Morgan fingerprint density at radius 1 is 0.952 bits per heavy atom. The molecule has 0 aliphatic carbocycles. The van der Waals surface area contributed by atoms with E-state index >= 15 is 0 Å². The zero-order chi connectivity index (χ0) is 29.5. The Hall–Kier alpha value is -4.17. The van der Waals surface area contributed by atoms with Crippen LogP contribution in [0.15, 0.2) is 82.5 Å². The van der Waals surface area contributed by atoms with E-state index < -0.39 is 22.2 Å². The molecule has 4 aromatic rings. The zero-order valence-corrected chi connectivity index (χ0v) is 23.7. The van der Waals surface area contributed by atoms with Crippen molar-refractivity contribution < 1.29 is 23.1 Å². The van der Waals surface area contributed by atoms with Crippen molar-refractivity contribution in [3.8, 4) is 5.75 Å². The number of aliphatic hydroxyl groups excluding tert-OH is 1. The van der Waals surface area contributed by atoms with E-state index in [1.165, 1.54) is 16.4 Å². The maximum absolute atomic E-state index is 13.2. The fraction of sp³-hybridized carbons (Fsp3) is 0.310. The fourth-order valence-electron chi connectivity index (χ4n) is 4.88. The highest BCUT2D eigenvalue weighted by Crippen LogP contribution is 2.25. The third kappa shape index (κ3) is 7.36. The third-order valence-corrected chi connectivity index (χ3v) is 9.03. The Labute approximate surface area is 243 Å². The van der Waals surface area contributed by atoms with Crippen molar-refractivity contribution in [3.63, 3.8) is 0 Å². The first-order chi connectivity index (χ1) is 20.3. The van der Waals surface area contributed by atoms with Crippen LogP contribution in [0.2, 0.25) is 0 Å². The highest BCUT2D eigenvalue weighted by molar-refractivity contribution is 7.89. The molecule has 13 heteroatoms. The number of sulfonamides is 1. The molecule has 1 saturated heterocycles. The average molecular weight is 595 g/mol. The summed E-state index contributed by atoms with van der Waals surface area (Å²) in [4.78, 5) is 29.3. The number of rotatable bonds is 11. The maximum Gasteiger partial charge on any atom is 0.323 e. The lowest BCUT2D eigenvalue weighted by Crippen LogP contribution is -2.42. The molecule has 12 nitrogen and oxygen atoms in total. The molecule has 1 unspecified atom stereocenters. The summed E-state index contributed by atoms with van der Waals surface area (Å²) in [6.07, 6.45) is 0.635. The number of aromatic nitrogens is 2. The van der Waals surface area contributed by atoms with Gasteiger partial charge in [0.1, 0.15) is 24.0 Å². The van der Waals surface area contributed by atoms with Crippen LogP contribution in [0.4, 0.5) is 16.2 Å². The molecule has 6 N–H and O–H groups in total. The number of nitrogens with zero attached hydrogens (tertiary/aromatic N) is 1. The van der Waals surface area contributed by atoms with Gasteiger partial charge < -0.3 is 35.8 Å². The van der Waals surface area contributed by atoms with Gasteiger partial charge in [0.15, 0.2) is 0 Å². The molecule has 42 heavy (non-hydrogen) atoms. The number of carbonyl (C=O) groups is 1. The number of fused-ring (bicyclic) bond motifs is 1. The van der Waals surface area contributed by atoms with Gasteiger partial charge in [-0.05, 0) is 73.8 Å². The number of aromatic amines is 2. The molecular formula is C29H34N6O6S. The molecule has 1 aliphatic heterocycles. The van der Waals surface area contributed by atoms with Crippen LogP contribution in [0, 0.1) is 5.92 Å². The van der Waals surface area contributed by atoms with Crippen LogP contribution in [0.1, 0.15) is 12.8 Å². The summed E-state index contributed by atoms with van der Waals surface area (Å²) in [6, 6.07) is 20.0. The number of anilines is 2. The predicted octanol–water partition coefficient (Wildman–Crippen LogP) is 2.93. The number of amides is 2. The molecule has 1 atom stereocenters. The third-order valence-electron chi connectivity index (χ3n) is 7.11. The number of carbonyl (C=O) groups excluding carboxylic acids is 1. The summed E-state index contributed by atoms with van der Waals surface area (Å²) < 4.78 is 33.6. The van der Waals surface area contributed by atoms with Crippen molar-refractivity contribution >= 4 is 38.5 Å². The van der Waals surface area contributed by atoms with Gasteiger partial charge in [-0.1, -0.05) is 24.3 Å². The minimum absolute atomic E-state index is 0.0576. The molecule has 222 valence electrons. The van der Waals surface area contributed by atoms with Gasteiger partial charge in [0.05, 0.1) is 10.4 Å². The van der Waals surface area contributed by atoms with Crippen LogP contribution in [0.3, 0.4) is 0 Å². The van der Waals surface area contributed by atoms with Crippen LogP contribution >= 0.6 is 0 Å². The zero-order valence-electron chi connectivity index (χ0n) is 22.9. The van der Waals surface area contributed by atoms with Gasteiger partial charge in [-0.25, -0.2) is 18.0 Å². The molecule has 3 aromatic carbocycles. The number of benzene rings is 3. The van der Waals surface area contributed by atoms with E-state index in [1.807, 2.05) is 18.2 Å². The fourth-order valence-corrected chi connectivity index (χ4v) is 6.35. The van der Waals surface area contributed by atoms with E-state index in [0.29, 0.717) is 67.2 Å². The monoisotopic (exact) mass is 594 g/mol. The smallest absolute Gasteiger partial charge is 0.323 e. The lowest BCUT2D eigenvalue weighted by molar-refractivity contribution is 0.105. The van der Waals surface area contributed by atoms with E-state index in [0.717, 1.165) is 0 Å². The second-order valence-corrected chi connectivity index (χ2v) is 12.1. The highest BCUT2D eigenvalue weighted by Gasteiger charge is 2.29. The molecule has 1 aromatic heterocycles. The van der Waals surface area contributed by atoms with Gasteiger partial charge in [0, 0.05) is 31.0 Å². The SMILES string of the molecule is O=C(Nc1ccccc1)Nc1ccc(S(=O)(=O)N2CCC(CNCC(O)COc3cccc4[nH]c(=O)[nH]c34)CC2)cc1. The van der Waals surface area contributed by atoms with Crippen molar-refractivity contribution in [2.75, 3.05) is 43.4 Å². The second kappa shape index (κ2) is 13.2. The van der Waals surface area contributed by atoms with Crippen molar-refractivity contribution in [2.24, 2.45) is 5.92 Å². The number of urea groups is 1. The topological polar surface area (TPSA) is 169 Å². The minimum Gasteiger partial charge on any atom is -0.489 e. The Morgan fingerprint density at radius 2 is 1.64 bits per heavy atom. The van der Waals surface area contributed by atoms with Crippen LogP contribution in [0.5, 0.6) is 5.75 Å². The molecule has 0 bridgehead atoms. The number of aliphatic hydroxyl groups is 1. The molecule has 1 aliphatic rings. The van der Waals surface area contributed by atoms with E-state index in [1.54, 1.807) is 42.5 Å². The van der Waals surface area contributed by atoms with E-state index in [9.17, 15) is 23.1 Å². The van der Waals surface area contributed by atoms with Gasteiger partial charge in [0.2, 0.25) is 10.0 Å². The Morgan fingerprint density at radius 3 is 2.36 bits per heavy atom. The molecule has 2 amide bonds. The molecule has 2 heterocycles. The van der Waals surface area contributed by atoms with Gasteiger partial charge >= 0.3 is 11.7 Å². The summed E-state index contributed by atoms with van der Waals surface area (Å²) in [5.74, 6) is 0.760. The highest BCUT2D eigenvalue weighted by atomic mass is 32.2. The summed E-state index contributed by atoms with van der Waals surface area (Å²) in [5.41, 5.74) is 2.01. The average Bonchev–Trinajstić information content (AvgIpc) is 3.38. The lowest BCUT2D eigenvalue weighted by atomic mass is 9.98.